The molecule has 1 aliphatic carbocycles. The van der Waals surface area contributed by atoms with Gasteiger partial charge in [-0.15, -0.1) is 0 Å². The van der Waals surface area contributed by atoms with Gasteiger partial charge in [-0.2, -0.15) is 0 Å². The van der Waals surface area contributed by atoms with E-state index in [0.717, 1.165) is 22.7 Å². The normalized spacial score (nSPS) is 22.9. The Hall–Kier alpha value is -1.51. The maximum Gasteiger partial charge on any atom is 0.251 e. The second-order valence-corrected chi connectivity index (χ2v) is 5.67. The minimum atomic E-state index is -0.0156. The maximum absolute atomic E-state index is 11.8. The van der Waals surface area contributed by atoms with Gasteiger partial charge in [-0.05, 0) is 43.4 Å². The van der Waals surface area contributed by atoms with Crippen molar-refractivity contribution in [2.24, 2.45) is 5.92 Å². The fraction of sp³-hybridized carbons (Fsp3) is 0.562. The molecule has 2 rings (SSSR count). The molecule has 2 atom stereocenters. The first-order chi connectivity index (χ1) is 9.11. The van der Waals surface area contributed by atoms with Crippen LogP contribution in [0.25, 0.3) is 0 Å². The molecule has 3 heteroatoms. The first kappa shape index (κ1) is 13.9. The Balaban J connectivity index is 2.14. The van der Waals surface area contributed by atoms with Gasteiger partial charge in [0.15, 0.2) is 0 Å². The van der Waals surface area contributed by atoms with E-state index >= 15 is 0 Å². The summed E-state index contributed by atoms with van der Waals surface area (Å²) in [6, 6.07) is 6.44. The summed E-state index contributed by atoms with van der Waals surface area (Å²) < 4.78 is 0. The number of anilines is 1. The van der Waals surface area contributed by atoms with Gasteiger partial charge in [0, 0.05) is 24.3 Å². The van der Waals surface area contributed by atoms with Gasteiger partial charge in [-0.1, -0.05) is 25.8 Å². The van der Waals surface area contributed by atoms with E-state index in [9.17, 15) is 4.79 Å². The highest BCUT2D eigenvalue weighted by molar-refractivity contribution is 5.96. The van der Waals surface area contributed by atoms with Crippen molar-refractivity contribution in [2.75, 3.05) is 12.4 Å². The van der Waals surface area contributed by atoms with Crippen molar-refractivity contribution in [3.63, 3.8) is 0 Å². The van der Waals surface area contributed by atoms with Crippen molar-refractivity contribution >= 4 is 11.6 Å². The quantitative estimate of drug-likeness (QED) is 0.875. The standard InChI is InChI=1S/C16H24N2O/c1-11-6-4-7-13(10-11)18-15-9-5-8-14(12(15)2)16(19)17-3/h5,8-9,11,13,18H,4,6-7,10H2,1-3H3,(H,17,19). The van der Waals surface area contributed by atoms with Crippen LogP contribution in [0.2, 0.25) is 0 Å². The third-order valence-electron chi connectivity index (χ3n) is 4.10. The highest BCUT2D eigenvalue weighted by Crippen LogP contribution is 2.28. The molecule has 19 heavy (non-hydrogen) atoms. The van der Waals surface area contributed by atoms with E-state index < -0.39 is 0 Å². The van der Waals surface area contributed by atoms with Crippen molar-refractivity contribution < 1.29 is 4.79 Å². The lowest BCUT2D eigenvalue weighted by molar-refractivity contribution is 0.0962. The van der Waals surface area contributed by atoms with Gasteiger partial charge < -0.3 is 10.6 Å². The summed E-state index contributed by atoms with van der Waals surface area (Å²) in [7, 11) is 1.67. The van der Waals surface area contributed by atoms with Crippen molar-refractivity contribution in [1.82, 2.24) is 5.32 Å². The Bertz CT molecular complexity index is 456. The third kappa shape index (κ3) is 3.28. The summed E-state index contributed by atoms with van der Waals surface area (Å²) in [5.41, 5.74) is 2.90. The number of hydrogen-bond donors (Lipinski definition) is 2. The van der Waals surface area contributed by atoms with Gasteiger partial charge in [-0.25, -0.2) is 0 Å². The van der Waals surface area contributed by atoms with Crippen LogP contribution >= 0.6 is 0 Å². The predicted octanol–water partition coefficient (Wildman–Crippen LogP) is 3.35. The molecular formula is C16H24N2O. The van der Waals surface area contributed by atoms with Crippen LogP contribution in [0.5, 0.6) is 0 Å². The highest BCUT2D eigenvalue weighted by Gasteiger charge is 2.19. The lowest BCUT2D eigenvalue weighted by Crippen LogP contribution is -2.27. The minimum absolute atomic E-state index is 0.0156. The van der Waals surface area contributed by atoms with E-state index in [0.29, 0.717) is 6.04 Å². The molecule has 1 aromatic carbocycles. The molecule has 2 N–H and O–H groups in total. The van der Waals surface area contributed by atoms with Crippen molar-refractivity contribution in [2.45, 2.75) is 45.6 Å². The Morgan fingerprint density at radius 1 is 1.32 bits per heavy atom. The fourth-order valence-corrected chi connectivity index (χ4v) is 2.96. The zero-order chi connectivity index (χ0) is 13.8. The van der Waals surface area contributed by atoms with E-state index in [1.165, 1.54) is 25.7 Å². The summed E-state index contributed by atoms with van der Waals surface area (Å²) >= 11 is 0. The summed E-state index contributed by atoms with van der Waals surface area (Å²) in [5.74, 6) is 0.784. The second kappa shape index (κ2) is 6.09. The fourth-order valence-electron chi connectivity index (χ4n) is 2.96. The molecule has 1 saturated carbocycles. The van der Waals surface area contributed by atoms with Crippen LogP contribution in [0, 0.1) is 12.8 Å². The van der Waals surface area contributed by atoms with E-state index in [1.807, 2.05) is 19.1 Å². The summed E-state index contributed by atoms with van der Waals surface area (Å²) in [4.78, 5) is 11.8. The van der Waals surface area contributed by atoms with Gasteiger partial charge in [-0.3, -0.25) is 4.79 Å². The van der Waals surface area contributed by atoms with Gasteiger partial charge in [0.1, 0.15) is 0 Å². The van der Waals surface area contributed by atoms with Crippen LogP contribution < -0.4 is 10.6 Å². The number of hydrogen-bond acceptors (Lipinski definition) is 2. The molecule has 1 amide bonds. The van der Waals surface area contributed by atoms with E-state index in [4.69, 9.17) is 0 Å². The molecule has 3 nitrogen and oxygen atoms in total. The topological polar surface area (TPSA) is 41.1 Å². The summed E-state index contributed by atoms with van der Waals surface area (Å²) in [6.07, 6.45) is 5.10. The molecule has 2 unspecified atom stereocenters. The molecule has 104 valence electrons. The molecule has 1 fully saturated rings. The largest absolute Gasteiger partial charge is 0.382 e. The number of carbonyl (C=O) groups is 1. The number of benzene rings is 1. The maximum atomic E-state index is 11.8. The van der Waals surface area contributed by atoms with Crippen LogP contribution in [0.15, 0.2) is 18.2 Å². The Morgan fingerprint density at radius 2 is 2.11 bits per heavy atom. The van der Waals surface area contributed by atoms with E-state index in [-0.39, 0.29) is 5.91 Å². The third-order valence-corrected chi connectivity index (χ3v) is 4.10. The zero-order valence-electron chi connectivity index (χ0n) is 12.1. The smallest absolute Gasteiger partial charge is 0.251 e. The van der Waals surface area contributed by atoms with Gasteiger partial charge in [0.2, 0.25) is 0 Å². The Morgan fingerprint density at radius 3 is 2.79 bits per heavy atom. The average molecular weight is 260 g/mol. The van der Waals surface area contributed by atoms with Crippen molar-refractivity contribution in [3.05, 3.63) is 29.3 Å². The number of nitrogens with one attached hydrogen (secondary N) is 2. The molecule has 0 aromatic heterocycles. The Kier molecular flexibility index (Phi) is 4.46. The molecule has 0 aliphatic heterocycles. The second-order valence-electron chi connectivity index (χ2n) is 5.67. The van der Waals surface area contributed by atoms with E-state index in [2.05, 4.69) is 23.6 Å². The van der Waals surface area contributed by atoms with Crippen LogP contribution in [0.4, 0.5) is 5.69 Å². The van der Waals surface area contributed by atoms with Gasteiger partial charge in [0.25, 0.3) is 5.91 Å². The van der Waals surface area contributed by atoms with Crippen LogP contribution in [0.1, 0.15) is 48.5 Å². The molecule has 0 heterocycles. The van der Waals surface area contributed by atoms with Crippen LogP contribution in [-0.2, 0) is 0 Å². The molecule has 0 saturated heterocycles. The van der Waals surface area contributed by atoms with Crippen LogP contribution in [0.3, 0.4) is 0 Å². The average Bonchev–Trinajstić information content (AvgIpc) is 2.40. The minimum Gasteiger partial charge on any atom is -0.382 e. The number of rotatable bonds is 3. The van der Waals surface area contributed by atoms with Gasteiger partial charge in [0.05, 0.1) is 0 Å². The Labute approximate surface area is 115 Å². The SMILES string of the molecule is CNC(=O)c1cccc(NC2CCCC(C)C2)c1C. The number of carbonyl (C=O) groups excluding carboxylic acids is 1. The first-order valence-electron chi connectivity index (χ1n) is 7.20. The molecule has 1 aromatic rings. The van der Waals surface area contributed by atoms with Gasteiger partial charge >= 0.3 is 0 Å². The summed E-state index contributed by atoms with van der Waals surface area (Å²) in [6.45, 7) is 4.33. The zero-order valence-corrected chi connectivity index (χ0v) is 12.1. The number of amides is 1. The summed E-state index contributed by atoms with van der Waals surface area (Å²) in [5, 5.41) is 6.31. The monoisotopic (exact) mass is 260 g/mol. The van der Waals surface area contributed by atoms with Crippen molar-refractivity contribution in [3.8, 4) is 0 Å². The first-order valence-corrected chi connectivity index (χ1v) is 7.20. The van der Waals surface area contributed by atoms with Crippen LogP contribution in [-0.4, -0.2) is 19.0 Å². The van der Waals surface area contributed by atoms with Crippen molar-refractivity contribution in [1.29, 1.82) is 0 Å². The molecule has 1 aliphatic rings. The molecule has 0 bridgehead atoms. The molecule has 0 spiro atoms. The lowest BCUT2D eigenvalue weighted by atomic mass is 9.87. The lowest BCUT2D eigenvalue weighted by Gasteiger charge is -2.29. The molecular weight excluding hydrogens is 236 g/mol. The predicted molar refractivity (Wildman–Crippen MR) is 79.6 cm³/mol. The molecule has 0 radical (unpaired) electrons. The highest BCUT2D eigenvalue weighted by atomic mass is 16.1. The van der Waals surface area contributed by atoms with E-state index in [1.54, 1.807) is 7.05 Å².